The van der Waals surface area contributed by atoms with Crippen LogP contribution in [0.1, 0.15) is 12.8 Å². The Bertz CT molecular complexity index is 795. The van der Waals surface area contributed by atoms with Crippen LogP contribution in [0.3, 0.4) is 0 Å². The maximum Gasteiger partial charge on any atom is 0.272 e. The van der Waals surface area contributed by atoms with E-state index < -0.39 is 18.2 Å². The smallest absolute Gasteiger partial charge is 0.272 e. The molecular formula is C18H19F2N3O4. The van der Waals surface area contributed by atoms with Crippen LogP contribution in [0.4, 0.5) is 8.78 Å². The Kier molecular flexibility index (Phi) is 4.67. The van der Waals surface area contributed by atoms with Crippen LogP contribution in [0.15, 0.2) is 23.4 Å². The van der Waals surface area contributed by atoms with Crippen molar-refractivity contribution in [1.82, 2.24) is 9.80 Å². The number of oxime groups is 1. The third kappa shape index (κ3) is 3.45. The SMILES string of the molecule is O=C(COc1cc(F)ccc1F)N1C[C@@H]2C(C(=O)N3CCCC3)=NO[C@@H]2C1. The number of likely N-dealkylation sites (tertiary alicyclic amines) is 2. The lowest BCUT2D eigenvalue weighted by atomic mass is 10.00. The molecule has 27 heavy (non-hydrogen) atoms. The van der Waals surface area contributed by atoms with Crippen LogP contribution in [0.2, 0.25) is 0 Å². The van der Waals surface area contributed by atoms with Gasteiger partial charge in [-0.25, -0.2) is 8.78 Å². The van der Waals surface area contributed by atoms with Gasteiger partial charge in [0.2, 0.25) is 0 Å². The number of carbonyl (C=O) groups excluding carboxylic acids is 2. The summed E-state index contributed by atoms with van der Waals surface area (Å²) >= 11 is 0. The third-order valence-electron chi connectivity index (χ3n) is 5.11. The molecule has 2 fully saturated rings. The standard InChI is InChI=1S/C18H19F2N3O4/c19-11-3-4-13(20)14(7-11)26-10-16(24)23-8-12-15(9-23)27-21-17(12)18(25)22-5-1-2-6-22/h3-4,7,12,15H,1-2,5-6,8-10H2/t12-,15+/m0/s1. The molecule has 1 aromatic rings. The summed E-state index contributed by atoms with van der Waals surface area (Å²) in [6.07, 6.45) is 1.60. The Labute approximate surface area is 154 Å². The van der Waals surface area contributed by atoms with Crippen molar-refractivity contribution in [2.24, 2.45) is 11.1 Å². The molecule has 3 heterocycles. The van der Waals surface area contributed by atoms with E-state index in [0.29, 0.717) is 18.8 Å². The van der Waals surface area contributed by atoms with Crippen molar-refractivity contribution in [3.63, 3.8) is 0 Å². The zero-order valence-electron chi connectivity index (χ0n) is 14.6. The molecule has 2 atom stereocenters. The third-order valence-corrected chi connectivity index (χ3v) is 5.11. The van der Waals surface area contributed by atoms with Crippen LogP contribution < -0.4 is 4.74 Å². The maximum atomic E-state index is 13.6. The molecule has 144 valence electrons. The Balaban J connectivity index is 1.35. The highest BCUT2D eigenvalue weighted by Gasteiger charge is 2.47. The molecule has 9 heteroatoms. The molecule has 0 saturated carbocycles. The van der Waals surface area contributed by atoms with Crippen molar-refractivity contribution in [2.45, 2.75) is 18.9 Å². The first-order valence-corrected chi connectivity index (χ1v) is 8.91. The van der Waals surface area contributed by atoms with Gasteiger partial charge in [0.15, 0.2) is 30.0 Å². The largest absolute Gasteiger partial charge is 0.481 e. The zero-order valence-corrected chi connectivity index (χ0v) is 14.6. The Hall–Kier alpha value is -2.71. The highest BCUT2D eigenvalue weighted by Crippen LogP contribution is 2.29. The highest BCUT2D eigenvalue weighted by molar-refractivity contribution is 6.40. The Morgan fingerprint density at radius 2 is 1.96 bits per heavy atom. The van der Waals surface area contributed by atoms with Gasteiger partial charge in [0.05, 0.1) is 12.5 Å². The number of ether oxygens (including phenoxy) is 1. The summed E-state index contributed by atoms with van der Waals surface area (Å²) in [4.78, 5) is 33.5. The molecule has 0 unspecified atom stereocenters. The second-order valence-corrected chi connectivity index (χ2v) is 6.89. The summed E-state index contributed by atoms with van der Waals surface area (Å²) in [5.41, 5.74) is 0.356. The van der Waals surface area contributed by atoms with E-state index in [-0.39, 0.29) is 42.7 Å². The van der Waals surface area contributed by atoms with E-state index in [2.05, 4.69) is 5.16 Å². The first-order chi connectivity index (χ1) is 13.0. The summed E-state index contributed by atoms with van der Waals surface area (Å²) in [6.45, 7) is 1.57. The number of hydrogen-bond donors (Lipinski definition) is 0. The fraction of sp³-hybridized carbons (Fsp3) is 0.500. The second-order valence-electron chi connectivity index (χ2n) is 6.89. The predicted octanol–water partition coefficient (Wildman–Crippen LogP) is 1.18. The van der Waals surface area contributed by atoms with Crippen LogP contribution >= 0.6 is 0 Å². The first kappa shape index (κ1) is 17.7. The average molecular weight is 379 g/mol. The van der Waals surface area contributed by atoms with Crippen LogP contribution in [-0.4, -0.2) is 66.2 Å². The summed E-state index contributed by atoms with van der Waals surface area (Å²) < 4.78 is 31.9. The maximum absolute atomic E-state index is 13.6. The Morgan fingerprint density at radius 3 is 2.74 bits per heavy atom. The molecule has 0 radical (unpaired) electrons. The minimum Gasteiger partial charge on any atom is -0.481 e. The van der Waals surface area contributed by atoms with Gasteiger partial charge in [-0.2, -0.15) is 0 Å². The molecule has 1 aromatic carbocycles. The molecule has 3 aliphatic heterocycles. The Morgan fingerprint density at radius 1 is 1.19 bits per heavy atom. The average Bonchev–Trinajstić information content (AvgIpc) is 3.38. The second kappa shape index (κ2) is 7.13. The predicted molar refractivity (Wildman–Crippen MR) is 90.0 cm³/mol. The molecule has 3 aliphatic rings. The number of fused-ring (bicyclic) bond motifs is 1. The van der Waals surface area contributed by atoms with E-state index in [0.717, 1.165) is 31.0 Å². The molecule has 4 rings (SSSR count). The minimum absolute atomic E-state index is 0.132. The fourth-order valence-corrected chi connectivity index (χ4v) is 3.64. The highest BCUT2D eigenvalue weighted by atomic mass is 19.1. The summed E-state index contributed by atoms with van der Waals surface area (Å²) in [5, 5.41) is 3.94. The van der Waals surface area contributed by atoms with E-state index in [9.17, 15) is 18.4 Å². The molecule has 7 nitrogen and oxygen atoms in total. The number of amides is 2. The quantitative estimate of drug-likeness (QED) is 0.788. The summed E-state index contributed by atoms with van der Waals surface area (Å²) in [5.74, 6) is -2.49. The van der Waals surface area contributed by atoms with Gasteiger partial charge in [-0.1, -0.05) is 5.16 Å². The van der Waals surface area contributed by atoms with Gasteiger partial charge in [-0.05, 0) is 25.0 Å². The summed E-state index contributed by atoms with van der Waals surface area (Å²) in [7, 11) is 0. The minimum atomic E-state index is -0.739. The van der Waals surface area contributed by atoms with Gasteiger partial charge in [0.1, 0.15) is 5.82 Å². The topological polar surface area (TPSA) is 71.4 Å². The monoisotopic (exact) mass is 379 g/mol. The molecular weight excluding hydrogens is 360 g/mol. The van der Waals surface area contributed by atoms with Gasteiger partial charge >= 0.3 is 0 Å². The number of hydrogen-bond acceptors (Lipinski definition) is 5. The van der Waals surface area contributed by atoms with E-state index in [1.807, 2.05) is 0 Å². The lowest BCUT2D eigenvalue weighted by Crippen LogP contribution is -2.39. The lowest BCUT2D eigenvalue weighted by Gasteiger charge is -2.19. The van der Waals surface area contributed by atoms with Crippen molar-refractivity contribution in [3.8, 4) is 5.75 Å². The van der Waals surface area contributed by atoms with E-state index >= 15 is 0 Å². The van der Waals surface area contributed by atoms with Gasteiger partial charge in [0.25, 0.3) is 11.8 Å². The fourth-order valence-electron chi connectivity index (χ4n) is 3.64. The number of nitrogens with zero attached hydrogens (tertiary/aromatic N) is 3. The normalized spacial score (nSPS) is 23.9. The van der Waals surface area contributed by atoms with Gasteiger partial charge in [0, 0.05) is 25.7 Å². The zero-order chi connectivity index (χ0) is 19.0. The molecule has 0 spiro atoms. The van der Waals surface area contributed by atoms with Crippen LogP contribution in [0.5, 0.6) is 5.75 Å². The van der Waals surface area contributed by atoms with Gasteiger partial charge in [-0.3, -0.25) is 9.59 Å². The van der Waals surface area contributed by atoms with Crippen LogP contribution in [-0.2, 0) is 14.4 Å². The van der Waals surface area contributed by atoms with E-state index in [1.165, 1.54) is 4.90 Å². The molecule has 0 aromatic heterocycles. The van der Waals surface area contributed by atoms with Gasteiger partial charge < -0.3 is 19.4 Å². The van der Waals surface area contributed by atoms with Crippen LogP contribution in [0.25, 0.3) is 0 Å². The number of benzene rings is 1. The van der Waals surface area contributed by atoms with Crippen molar-refractivity contribution < 1.29 is 27.9 Å². The van der Waals surface area contributed by atoms with E-state index in [4.69, 9.17) is 9.57 Å². The van der Waals surface area contributed by atoms with Crippen molar-refractivity contribution in [2.75, 3.05) is 32.8 Å². The van der Waals surface area contributed by atoms with E-state index in [1.54, 1.807) is 4.90 Å². The van der Waals surface area contributed by atoms with Crippen molar-refractivity contribution in [3.05, 3.63) is 29.8 Å². The number of carbonyl (C=O) groups is 2. The molecule has 0 bridgehead atoms. The first-order valence-electron chi connectivity index (χ1n) is 8.91. The lowest BCUT2D eigenvalue weighted by molar-refractivity contribution is -0.133. The molecule has 2 saturated heterocycles. The molecule has 0 aliphatic carbocycles. The van der Waals surface area contributed by atoms with Crippen LogP contribution in [0, 0.1) is 17.6 Å². The van der Waals surface area contributed by atoms with Crippen molar-refractivity contribution in [1.29, 1.82) is 0 Å². The molecule has 2 amide bonds. The number of rotatable bonds is 4. The van der Waals surface area contributed by atoms with Crippen molar-refractivity contribution >= 4 is 17.5 Å². The number of halogens is 2. The van der Waals surface area contributed by atoms with Gasteiger partial charge in [-0.15, -0.1) is 0 Å². The molecule has 0 N–H and O–H groups in total. The summed E-state index contributed by atoms with van der Waals surface area (Å²) in [6, 6.07) is 2.81.